The third-order valence-electron chi connectivity index (χ3n) is 1.42. The fraction of sp³-hybridized carbons (Fsp3) is 0.125. The van der Waals surface area contributed by atoms with Crippen LogP contribution in [0, 0.1) is 11.3 Å². The van der Waals surface area contributed by atoms with Crippen molar-refractivity contribution in [3.8, 4) is 6.07 Å². The topological polar surface area (TPSA) is 49.8 Å². The lowest BCUT2D eigenvalue weighted by atomic mass is 10.1. The van der Waals surface area contributed by atoms with Gasteiger partial charge in [-0.15, -0.1) is 0 Å². The molecule has 12 heavy (non-hydrogen) atoms. The molecule has 0 unspecified atom stereocenters. The van der Waals surface area contributed by atoms with E-state index in [9.17, 15) is 0 Å². The van der Waals surface area contributed by atoms with Gasteiger partial charge in [-0.1, -0.05) is 23.2 Å². The van der Waals surface area contributed by atoms with Crippen molar-refractivity contribution in [2.75, 3.05) is 5.73 Å². The summed E-state index contributed by atoms with van der Waals surface area (Å²) in [7, 11) is 0. The van der Waals surface area contributed by atoms with Crippen LogP contribution in [0.3, 0.4) is 0 Å². The molecule has 1 aromatic carbocycles. The monoisotopic (exact) mass is 200 g/mol. The Labute approximate surface area is 80.5 Å². The molecule has 0 bridgehead atoms. The van der Waals surface area contributed by atoms with Crippen molar-refractivity contribution in [3.63, 3.8) is 0 Å². The molecule has 2 nitrogen and oxygen atoms in total. The number of anilines is 1. The zero-order valence-corrected chi connectivity index (χ0v) is 7.65. The molecule has 0 amide bonds. The molecule has 0 aliphatic carbocycles. The van der Waals surface area contributed by atoms with Gasteiger partial charge in [-0.05, 0) is 12.1 Å². The molecular weight excluding hydrogens is 195 g/mol. The smallest absolute Gasteiger partial charge is 0.0670 e. The van der Waals surface area contributed by atoms with E-state index < -0.39 is 0 Å². The van der Waals surface area contributed by atoms with E-state index in [2.05, 4.69) is 0 Å². The highest BCUT2D eigenvalue weighted by atomic mass is 35.5. The molecule has 1 aromatic rings. The Kier molecular flexibility index (Phi) is 2.80. The minimum Gasteiger partial charge on any atom is -0.399 e. The van der Waals surface area contributed by atoms with Crippen LogP contribution in [0.5, 0.6) is 0 Å². The van der Waals surface area contributed by atoms with Gasteiger partial charge in [-0.3, -0.25) is 0 Å². The van der Waals surface area contributed by atoms with Crippen LogP contribution in [0.2, 0.25) is 10.0 Å². The minimum absolute atomic E-state index is 0.206. The molecule has 62 valence electrons. The largest absolute Gasteiger partial charge is 0.399 e. The normalized spacial score (nSPS) is 9.42. The highest BCUT2D eigenvalue weighted by Gasteiger charge is 2.05. The van der Waals surface area contributed by atoms with Crippen LogP contribution in [-0.4, -0.2) is 0 Å². The van der Waals surface area contributed by atoms with E-state index in [0.717, 1.165) is 0 Å². The lowest BCUT2D eigenvalue weighted by molar-refractivity contribution is 1.26. The Balaban J connectivity index is 3.21. The van der Waals surface area contributed by atoms with Crippen molar-refractivity contribution in [1.82, 2.24) is 0 Å². The van der Waals surface area contributed by atoms with Gasteiger partial charge in [-0.2, -0.15) is 5.26 Å². The van der Waals surface area contributed by atoms with Gasteiger partial charge < -0.3 is 5.73 Å². The maximum Gasteiger partial charge on any atom is 0.0670 e. The third kappa shape index (κ3) is 1.82. The first kappa shape index (κ1) is 9.18. The van der Waals surface area contributed by atoms with E-state index in [4.69, 9.17) is 34.2 Å². The van der Waals surface area contributed by atoms with Crippen molar-refractivity contribution in [2.45, 2.75) is 6.42 Å². The fourth-order valence-corrected chi connectivity index (χ4v) is 1.51. The van der Waals surface area contributed by atoms with Gasteiger partial charge in [0, 0.05) is 21.3 Å². The molecule has 0 heterocycles. The van der Waals surface area contributed by atoms with E-state index >= 15 is 0 Å². The molecule has 0 saturated heterocycles. The number of hydrogen-bond donors (Lipinski definition) is 1. The molecular formula is C8H6Cl2N2. The summed E-state index contributed by atoms with van der Waals surface area (Å²) in [6.07, 6.45) is 0.206. The van der Waals surface area contributed by atoms with Crippen molar-refractivity contribution in [3.05, 3.63) is 27.7 Å². The quantitative estimate of drug-likeness (QED) is 0.710. The van der Waals surface area contributed by atoms with Crippen molar-refractivity contribution < 1.29 is 0 Å². The summed E-state index contributed by atoms with van der Waals surface area (Å²) in [5.41, 5.74) is 6.61. The maximum absolute atomic E-state index is 8.44. The average Bonchev–Trinajstić information content (AvgIpc) is 1.96. The van der Waals surface area contributed by atoms with E-state index in [1.54, 1.807) is 12.1 Å². The number of nitrogen functional groups attached to an aromatic ring is 1. The molecule has 1 rings (SSSR count). The molecule has 0 fully saturated rings. The number of rotatable bonds is 1. The molecule has 0 radical (unpaired) electrons. The fourth-order valence-electron chi connectivity index (χ4n) is 0.871. The zero-order valence-electron chi connectivity index (χ0n) is 6.14. The van der Waals surface area contributed by atoms with Crippen LogP contribution in [0.4, 0.5) is 5.69 Å². The summed E-state index contributed by atoms with van der Waals surface area (Å²) >= 11 is 11.6. The number of nitriles is 1. The highest BCUT2D eigenvalue weighted by molar-refractivity contribution is 6.36. The number of hydrogen-bond acceptors (Lipinski definition) is 2. The standard InChI is InChI=1S/C8H6Cl2N2/c9-7-3-5(12)4-8(10)6(7)1-2-11/h3-4H,1,12H2. The van der Waals surface area contributed by atoms with Crippen molar-refractivity contribution >= 4 is 28.9 Å². The van der Waals surface area contributed by atoms with Gasteiger partial charge in [0.25, 0.3) is 0 Å². The van der Waals surface area contributed by atoms with Crippen LogP contribution >= 0.6 is 23.2 Å². The number of nitrogens with two attached hydrogens (primary N) is 1. The lowest BCUT2D eigenvalue weighted by Crippen LogP contribution is -1.90. The first-order chi connectivity index (χ1) is 5.65. The van der Waals surface area contributed by atoms with Crippen molar-refractivity contribution in [1.29, 1.82) is 5.26 Å². The molecule has 0 aromatic heterocycles. The highest BCUT2D eigenvalue weighted by Crippen LogP contribution is 2.27. The summed E-state index contributed by atoms with van der Waals surface area (Å²) in [5, 5.41) is 9.33. The molecule has 4 heteroatoms. The second-order valence-corrected chi connectivity index (χ2v) is 3.11. The Hall–Kier alpha value is -0.910. The van der Waals surface area contributed by atoms with Gasteiger partial charge in [0.2, 0.25) is 0 Å². The van der Waals surface area contributed by atoms with Crippen LogP contribution in [0.15, 0.2) is 12.1 Å². The van der Waals surface area contributed by atoms with Gasteiger partial charge in [0.1, 0.15) is 0 Å². The summed E-state index contributed by atoms with van der Waals surface area (Å²) in [5.74, 6) is 0. The van der Waals surface area contributed by atoms with Gasteiger partial charge >= 0.3 is 0 Å². The summed E-state index contributed by atoms with van der Waals surface area (Å²) in [4.78, 5) is 0. The zero-order chi connectivity index (χ0) is 9.14. The predicted molar refractivity (Wildman–Crippen MR) is 50.2 cm³/mol. The molecule has 0 aliphatic heterocycles. The summed E-state index contributed by atoms with van der Waals surface area (Å²) in [6, 6.07) is 5.14. The molecule has 2 N–H and O–H groups in total. The first-order valence-corrected chi connectivity index (χ1v) is 4.01. The number of halogens is 2. The Bertz CT molecular complexity index is 318. The Morgan fingerprint density at radius 2 is 1.83 bits per heavy atom. The third-order valence-corrected chi connectivity index (χ3v) is 2.09. The van der Waals surface area contributed by atoms with Crippen LogP contribution < -0.4 is 5.73 Å². The van der Waals surface area contributed by atoms with Crippen LogP contribution in [-0.2, 0) is 6.42 Å². The number of benzene rings is 1. The summed E-state index contributed by atoms with van der Waals surface area (Å²) in [6.45, 7) is 0. The minimum atomic E-state index is 0.206. The van der Waals surface area contributed by atoms with E-state index in [1.165, 1.54) is 0 Å². The van der Waals surface area contributed by atoms with E-state index in [1.807, 2.05) is 6.07 Å². The molecule has 0 saturated carbocycles. The van der Waals surface area contributed by atoms with Gasteiger partial charge in [0.05, 0.1) is 12.5 Å². The predicted octanol–water partition coefficient (Wildman–Crippen LogP) is 2.64. The molecule has 0 aliphatic rings. The first-order valence-electron chi connectivity index (χ1n) is 3.25. The summed E-state index contributed by atoms with van der Waals surface area (Å²) < 4.78 is 0. The number of nitrogens with zero attached hydrogens (tertiary/aromatic N) is 1. The Morgan fingerprint density at radius 3 is 2.25 bits per heavy atom. The van der Waals surface area contributed by atoms with Crippen LogP contribution in [0.1, 0.15) is 5.56 Å². The maximum atomic E-state index is 8.44. The van der Waals surface area contributed by atoms with E-state index in [0.29, 0.717) is 21.3 Å². The molecule has 0 atom stereocenters. The SMILES string of the molecule is N#CCc1c(Cl)cc(N)cc1Cl. The van der Waals surface area contributed by atoms with Gasteiger partial charge in [-0.25, -0.2) is 0 Å². The van der Waals surface area contributed by atoms with E-state index in [-0.39, 0.29) is 6.42 Å². The van der Waals surface area contributed by atoms with Gasteiger partial charge in [0.15, 0.2) is 0 Å². The average molecular weight is 201 g/mol. The van der Waals surface area contributed by atoms with Crippen LogP contribution in [0.25, 0.3) is 0 Å². The Morgan fingerprint density at radius 1 is 1.33 bits per heavy atom. The second kappa shape index (κ2) is 3.66. The van der Waals surface area contributed by atoms with Crippen molar-refractivity contribution in [2.24, 2.45) is 0 Å². The lowest BCUT2D eigenvalue weighted by Gasteiger charge is -2.03. The second-order valence-electron chi connectivity index (χ2n) is 2.30. The molecule has 0 spiro atoms.